The van der Waals surface area contributed by atoms with Crippen LogP contribution in [0.3, 0.4) is 0 Å². The van der Waals surface area contributed by atoms with Crippen LogP contribution in [0.5, 0.6) is 0 Å². The zero-order valence-corrected chi connectivity index (χ0v) is 48.8. The lowest BCUT2D eigenvalue weighted by Crippen LogP contribution is -2.45. The van der Waals surface area contributed by atoms with Crippen LogP contribution in [-0.2, 0) is 4.79 Å². The minimum atomic E-state index is -0.879. The van der Waals surface area contributed by atoms with Gasteiger partial charge in [-0.05, 0) is 116 Å². The average molecular weight is 1030 g/mol. The Hall–Kier alpha value is -3.99. The van der Waals surface area contributed by atoms with E-state index < -0.39 is 12.1 Å². The van der Waals surface area contributed by atoms with Crippen LogP contribution < -0.4 is 5.32 Å². The molecule has 0 aromatic carbocycles. The van der Waals surface area contributed by atoms with E-state index in [1.165, 1.54) is 128 Å². The number of carbonyl (C=O) groups excluding carboxylic acids is 1. The molecule has 0 heterocycles. The first-order valence-electron chi connectivity index (χ1n) is 31.2. The van der Waals surface area contributed by atoms with E-state index in [0.29, 0.717) is 6.42 Å². The first kappa shape index (κ1) is 71.0. The van der Waals surface area contributed by atoms with E-state index in [0.717, 1.165) is 116 Å². The molecule has 0 saturated carbocycles. The molecule has 0 bridgehead atoms. The van der Waals surface area contributed by atoms with E-state index >= 15 is 0 Å². The van der Waals surface area contributed by atoms with Crippen LogP contribution in [0.15, 0.2) is 158 Å². The lowest BCUT2D eigenvalue weighted by atomic mass is 10.0. The third kappa shape index (κ3) is 60.7. The Balaban J connectivity index is 3.67. The van der Waals surface area contributed by atoms with Gasteiger partial charge in [0.1, 0.15) is 0 Å². The third-order valence-corrected chi connectivity index (χ3v) is 13.2. The molecule has 75 heavy (non-hydrogen) atoms. The topological polar surface area (TPSA) is 69.6 Å². The number of amides is 1. The summed E-state index contributed by atoms with van der Waals surface area (Å²) in [5, 5.41) is 23.2. The Kier molecular flexibility index (Phi) is 60.9. The SMILES string of the molecule is CC/C=C\C/C=C\C/C=C\C/C=C\C/C=C\C/C=C\C/C=C\C/C=C\C/C=C\C/C=C\C/C=C\CCCCCCCCCC(=O)NC(CO)C(O)/C=C/CC/C=C/CCCCCCCCCCCCCCCCCC. The molecule has 0 rings (SSSR count). The standard InChI is InChI=1S/C71H117NO3/c1-3-5-7-9-11-13-15-17-19-21-23-25-27-28-29-30-31-32-33-34-35-36-37-38-39-40-41-42-43-44-45-47-49-51-53-55-57-59-61-63-65-67-71(75)72-69(68-73)70(74)66-64-62-60-58-56-54-52-50-48-46-26-24-22-20-18-16-14-12-10-8-6-4-2/h5,7,11,13,17,19,23,25,28-29,31-32,34-35,37-38,40-41,43-44,47,49,56,58,64,66,69-70,73-74H,3-4,6,8-10,12,14-16,18,20-22,24,26-27,30,33,36,39,42,45-46,48,50-55,57,59-63,65,67-68H2,1-2H3,(H,72,75)/b7-5-,13-11-,19-17-,25-23-,29-28-,32-31-,35-34-,38-37-,41-40-,44-43-,49-47-,58-56+,66-64+. The Bertz CT molecular complexity index is 1590. The maximum atomic E-state index is 12.5. The summed E-state index contributed by atoms with van der Waals surface area (Å²) in [6, 6.07) is -0.658. The fraction of sp³-hybridized carbons (Fsp3) is 0.620. The fourth-order valence-corrected chi connectivity index (χ4v) is 8.55. The number of unbranched alkanes of at least 4 members (excludes halogenated alkanes) is 24. The van der Waals surface area contributed by atoms with Gasteiger partial charge in [-0.15, -0.1) is 0 Å². The molecule has 0 aromatic rings. The van der Waals surface area contributed by atoms with Gasteiger partial charge in [0.05, 0.1) is 18.8 Å². The molecule has 2 atom stereocenters. The molecule has 2 unspecified atom stereocenters. The minimum absolute atomic E-state index is 0.0900. The van der Waals surface area contributed by atoms with Crippen molar-refractivity contribution < 1.29 is 15.0 Å². The number of aliphatic hydroxyl groups is 2. The highest BCUT2D eigenvalue weighted by Crippen LogP contribution is 2.15. The lowest BCUT2D eigenvalue weighted by Gasteiger charge is -2.19. The number of carbonyl (C=O) groups is 1. The summed E-state index contributed by atoms with van der Waals surface area (Å²) in [4.78, 5) is 12.5. The van der Waals surface area contributed by atoms with Crippen LogP contribution in [0.25, 0.3) is 0 Å². The Morgan fingerprint density at radius 1 is 0.333 bits per heavy atom. The zero-order valence-electron chi connectivity index (χ0n) is 48.8. The summed E-state index contributed by atoms with van der Waals surface area (Å²) in [6.45, 7) is 4.18. The van der Waals surface area contributed by atoms with Crippen molar-refractivity contribution in [3.05, 3.63) is 158 Å². The van der Waals surface area contributed by atoms with Gasteiger partial charge in [-0.25, -0.2) is 0 Å². The van der Waals surface area contributed by atoms with Gasteiger partial charge in [-0.2, -0.15) is 0 Å². The second-order valence-electron chi connectivity index (χ2n) is 20.4. The van der Waals surface area contributed by atoms with Gasteiger partial charge in [-0.1, -0.05) is 300 Å². The van der Waals surface area contributed by atoms with Crippen LogP contribution in [-0.4, -0.2) is 34.9 Å². The van der Waals surface area contributed by atoms with Crippen LogP contribution in [0, 0.1) is 0 Å². The monoisotopic (exact) mass is 1030 g/mol. The van der Waals surface area contributed by atoms with E-state index in [4.69, 9.17) is 0 Å². The summed E-state index contributed by atoms with van der Waals surface area (Å²) >= 11 is 0. The van der Waals surface area contributed by atoms with Crippen molar-refractivity contribution in [1.82, 2.24) is 5.32 Å². The average Bonchev–Trinajstić information content (AvgIpc) is 3.41. The summed E-state index contributed by atoms with van der Waals surface area (Å²) in [5.74, 6) is -0.0900. The van der Waals surface area contributed by atoms with Gasteiger partial charge in [0, 0.05) is 6.42 Å². The molecule has 0 fully saturated rings. The van der Waals surface area contributed by atoms with Gasteiger partial charge >= 0.3 is 0 Å². The smallest absolute Gasteiger partial charge is 0.220 e. The molecule has 1 amide bonds. The molecule has 4 nitrogen and oxygen atoms in total. The Morgan fingerprint density at radius 3 is 0.933 bits per heavy atom. The second-order valence-corrected chi connectivity index (χ2v) is 20.4. The third-order valence-electron chi connectivity index (χ3n) is 13.2. The molecular formula is C71H117NO3. The highest BCUT2D eigenvalue weighted by Gasteiger charge is 2.18. The second kappa shape index (κ2) is 64.3. The van der Waals surface area contributed by atoms with E-state index in [9.17, 15) is 15.0 Å². The van der Waals surface area contributed by atoms with Crippen molar-refractivity contribution in [3.8, 4) is 0 Å². The molecule has 0 spiro atoms. The van der Waals surface area contributed by atoms with Gasteiger partial charge in [0.25, 0.3) is 0 Å². The van der Waals surface area contributed by atoms with Crippen molar-refractivity contribution in [2.75, 3.05) is 6.61 Å². The lowest BCUT2D eigenvalue weighted by molar-refractivity contribution is -0.123. The van der Waals surface area contributed by atoms with Gasteiger partial charge in [0.2, 0.25) is 5.91 Å². The molecule has 0 aliphatic carbocycles. The number of hydrogen-bond acceptors (Lipinski definition) is 3. The van der Waals surface area contributed by atoms with Crippen LogP contribution in [0.4, 0.5) is 0 Å². The van der Waals surface area contributed by atoms with Crippen LogP contribution >= 0.6 is 0 Å². The van der Waals surface area contributed by atoms with E-state index in [2.05, 4.69) is 165 Å². The number of rotatable bonds is 55. The molecular weight excluding hydrogens is 915 g/mol. The summed E-state index contributed by atoms with van der Waals surface area (Å²) in [5.41, 5.74) is 0. The first-order chi connectivity index (χ1) is 37.2. The van der Waals surface area contributed by atoms with Crippen LogP contribution in [0.1, 0.15) is 264 Å². The van der Waals surface area contributed by atoms with Crippen molar-refractivity contribution in [1.29, 1.82) is 0 Å². The van der Waals surface area contributed by atoms with Gasteiger partial charge in [0.15, 0.2) is 0 Å². The zero-order chi connectivity index (χ0) is 54.1. The highest BCUT2D eigenvalue weighted by molar-refractivity contribution is 5.76. The predicted molar refractivity (Wildman–Crippen MR) is 335 cm³/mol. The predicted octanol–water partition coefficient (Wildman–Crippen LogP) is 21.3. The molecule has 424 valence electrons. The maximum absolute atomic E-state index is 12.5. The largest absolute Gasteiger partial charge is 0.394 e. The molecule has 0 aliphatic heterocycles. The Morgan fingerprint density at radius 2 is 0.600 bits per heavy atom. The quantitative estimate of drug-likeness (QED) is 0.0420. The number of aliphatic hydroxyl groups excluding tert-OH is 2. The molecule has 0 aliphatic rings. The summed E-state index contributed by atoms with van der Waals surface area (Å²) in [6.07, 6.45) is 103. The molecule has 3 N–H and O–H groups in total. The van der Waals surface area contributed by atoms with Crippen molar-refractivity contribution in [3.63, 3.8) is 0 Å². The van der Waals surface area contributed by atoms with E-state index in [-0.39, 0.29) is 12.5 Å². The normalized spacial score (nSPS) is 13.9. The highest BCUT2D eigenvalue weighted by atomic mass is 16.3. The van der Waals surface area contributed by atoms with Crippen molar-refractivity contribution in [2.24, 2.45) is 0 Å². The van der Waals surface area contributed by atoms with Crippen molar-refractivity contribution in [2.45, 2.75) is 276 Å². The molecule has 4 heteroatoms. The molecule has 0 aromatic heterocycles. The van der Waals surface area contributed by atoms with Gasteiger partial charge in [-0.3, -0.25) is 4.79 Å². The number of hydrogen-bond donors (Lipinski definition) is 3. The number of allylic oxidation sites excluding steroid dienone is 25. The number of nitrogens with one attached hydrogen (secondary N) is 1. The first-order valence-corrected chi connectivity index (χ1v) is 31.2. The molecule has 0 radical (unpaired) electrons. The van der Waals surface area contributed by atoms with Crippen molar-refractivity contribution >= 4 is 5.91 Å². The Labute approximate surface area is 465 Å². The van der Waals surface area contributed by atoms with E-state index in [1.807, 2.05) is 6.08 Å². The summed E-state index contributed by atoms with van der Waals surface area (Å²) < 4.78 is 0. The maximum Gasteiger partial charge on any atom is 0.220 e. The van der Waals surface area contributed by atoms with Crippen LogP contribution in [0.2, 0.25) is 0 Å². The summed E-state index contributed by atoms with van der Waals surface area (Å²) in [7, 11) is 0. The fourth-order valence-electron chi connectivity index (χ4n) is 8.55. The minimum Gasteiger partial charge on any atom is -0.394 e. The molecule has 0 saturated heterocycles. The van der Waals surface area contributed by atoms with Gasteiger partial charge < -0.3 is 15.5 Å². The van der Waals surface area contributed by atoms with E-state index in [1.54, 1.807) is 6.08 Å².